The number of nitrogens with one attached hydrogen (secondary N) is 2. The molecular weight excluding hydrogens is 506 g/mol. The third-order valence-electron chi connectivity index (χ3n) is 6.00. The minimum Gasteiger partial charge on any atom is -0.460 e. The lowest BCUT2D eigenvalue weighted by molar-refractivity contribution is -0.155. The van der Waals surface area contributed by atoms with Gasteiger partial charge in [-0.05, 0) is 25.8 Å². The predicted molar refractivity (Wildman–Crippen MR) is 143 cm³/mol. The highest BCUT2D eigenvalue weighted by Gasteiger charge is 2.28. The number of aliphatic hydroxyl groups is 1. The zero-order chi connectivity index (χ0) is 28.9. The summed E-state index contributed by atoms with van der Waals surface area (Å²) in [6, 6.07) is -0.953. The first-order valence-corrected chi connectivity index (χ1v) is 13.1. The largest absolute Gasteiger partial charge is 0.460 e. The molecule has 216 valence electrons. The lowest BCUT2D eigenvalue weighted by Crippen LogP contribution is -2.42. The van der Waals surface area contributed by atoms with Gasteiger partial charge in [0.15, 0.2) is 11.6 Å². The smallest absolute Gasteiger partial charge is 0.328 e. The number of carbonyl (C=O) groups is 3. The molecule has 0 saturated heterocycles. The first kappa shape index (κ1) is 31.9. The standard InChI is InChI=1S/C28H41N3O8/c1-17(2)26-19(4)9-10-24(33)29-11-7-8-18(3)12-22(38-16-36-6)13-21(32)14-25-31-23(15-37-25)27(34)30-20(5)28(35)39-26/h7-10,12,15,17,19-22,26,32H,11,13-14,16H2,1-6H3,(H,29,33)(H,30,34)/b8-7+,10-9+,18-12+/t19-,20-,21-,22-,26-/m1/s1. The van der Waals surface area contributed by atoms with E-state index < -0.39 is 36.2 Å². The summed E-state index contributed by atoms with van der Waals surface area (Å²) in [4.78, 5) is 41.9. The quantitative estimate of drug-likeness (QED) is 0.382. The first-order valence-electron chi connectivity index (χ1n) is 13.1. The van der Waals surface area contributed by atoms with Gasteiger partial charge in [0.05, 0.1) is 18.6 Å². The average molecular weight is 548 g/mol. The van der Waals surface area contributed by atoms with Gasteiger partial charge < -0.3 is 34.4 Å². The normalized spacial score (nSPS) is 29.5. The number of cyclic esters (lactones) is 1. The van der Waals surface area contributed by atoms with E-state index in [2.05, 4.69) is 15.6 Å². The van der Waals surface area contributed by atoms with Crippen molar-refractivity contribution >= 4 is 17.8 Å². The van der Waals surface area contributed by atoms with Crippen molar-refractivity contribution < 1.29 is 38.1 Å². The molecule has 11 heteroatoms. The molecule has 2 amide bonds. The third-order valence-corrected chi connectivity index (χ3v) is 6.00. The number of fused-ring (bicyclic) bond motifs is 2. The molecule has 1 aliphatic rings. The molecule has 2 heterocycles. The summed E-state index contributed by atoms with van der Waals surface area (Å²) in [7, 11) is 1.51. The second kappa shape index (κ2) is 16.0. The lowest BCUT2D eigenvalue weighted by atomic mass is 9.94. The molecule has 1 aromatic rings. The summed E-state index contributed by atoms with van der Waals surface area (Å²) in [6.07, 6.45) is 8.19. The van der Waals surface area contributed by atoms with Crippen molar-refractivity contribution in [2.75, 3.05) is 20.4 Å². The molecule has 39 heavy (non-hydrogen) atoms. The van der Waals surface area contributed by atoms with Gasteiger partial charge in [0.2, 0.25) is 5.91 Å². The molecule has 0 unspecified atom stereocenters. The van der Waals surface area contributed by atoms with Gasteiger partial charge in [0.25, 0.3) is 5.91 Å². The molecule has 11 nitrogen and oxygen atoms in total. The second-order valence-corrected chi connectivity index (χ2v) is 9.95. The molecule has 0 aliphatic carbocycles. The summed E-state index contributed by atoms with van der Waals surface area (Å²) in [5.41, 5.74) is 0.844. The van der Waals surface area contributed by atoms with Crippen LogP contribution in [-0.4, -0.2) is 72.7 Å². The van der Waals surface area contributed by atoms with Gasteiger partial charge in [0, 0.05) is 26.0 Å². The van der Waals surface area contributed by atoms with Crippen LogP contribution in [0, 0.1) is 11.8 Å². The number of ether oxygens (including phenoxy) is 3. The van der Waals surface area contributed by atoms with Crippen LogP contribution in [0.15, 0.2) is 46.6 Å². The van der Waals surface area contributed by atoms with Crippen LogP contribution in [0.4, 0.5) is 0 Å². The van der Waals surface area contributed by atoms with E-state index in [4.69, 9.17) is 18.6 Å². The molecule has 0 saturated carbocycles. The predicted octanol–water partition coefficient (Wildman–Crippen LogP) is 2.47. The van der Waals surface area contributed by atoms with Crippen LogP contribution < -0.4 is 10.6 Å². The summed E-state index contributed by atoms with van der Waals surface area (Å²) in [6.45, 7) is 9.41. The van der Waals surface area contributed by atoms with Crippen molar-refractivity contribution in [3.8, 4) is 0 Å². The topological polar surface area (TPSA) is 149 Å². The molecule has 2 rings (SSSR count). The average Bonchev–Trinajstić information content (AvgIpc) is 3.34. The highest BCUT2D eigenvalue weighted by molar-refractivity contribution is 5.94. The number of methoxy groups -OCH3 is 1. The van der Waals surface area contributed by atoms with Crippen LogP contribution in [0.5, 0.6) is 0 Å². The van der Waals surface area contributed by atoms with Crippen LogP contribution in [0.2, 0.25) is 0 Å². The van der Waals surface area contributed by atoms with Crippen LogP contribution in [0.3, 0.4) is 0 Å². The number of aromatic nitrogens is 1. The van der Waals surface area contributed by atoms with E-state index >= 15 is 0 Å². The van der Waals surface area contributed by atoms with Crippen LogP contribution in [-0.2, 0) is 30.2 Å². The molecule has 0 radical (unpaired) electrons. The molecule has 2 bridgehead atoms. The van der Waals surface area contributed by atoms with Crippen molar-refractivity contribution in [3.63, 3.8) is 0 Å². The number of oxazole rings is 1. The zero-order valence-corrected chi connectivity index (χ0v) is 23.5. The fraction of sp³-hybridized carbons (Fsp3) is 0.571. The number of amides is 2. The van der Waals surface area contributed by atoms with Crippen molar-refractivity contribution in [1.29, 1.82) is 0 Å². The van der Waals surface area contributed by atoms with Gasteiger partial charge in [0.1, 0.15) is 25.2 Å². The number of rotatable bonds is 4. The number of aliphatic hydroxyl groups excluding tert-OH is 1. The number of nitrogens with zero attached hydrogens (tertiary/aromatic N) is 1. The molecule has 5 atom stereocenters. The third kappa shape index (κ3) is 11.2. The van der Waals surface area contributed by atoms with Crippen molar-refractivity contribution in [1.82, 2.24) is 15.6 Å². The number of esters is 1. The molecule has 0 spiro atoms. The SMILES string of the molecule is COCO[C@@H]1/C=C(C)/C=C/CNC(=O)/C=C/[C@@H](C)[C@@H](C(C)C)OC(=O)[C@@H](C)NC(=O)c2coc(n2)C[C@H](O)C1. The maximum atomic E-state index is 12.8. The Hall–Kier alpha value is -3.28. The number of carbonyl (C=O) groups excluding carboxylic acids is 3. The van der Waals surface area contributed by atoms with Crippen molar-refractivity contribution in [2.24, 2.45) is 11.8 Å². The maximum absolute atomic E-state index is 12.8. The molecule has 1 aliphatic heterocycles. The summed E-state index contributed by atoms with van der Waals surface area (Å²) < 4.78 is 21.8. The Morgan fingerprint density at radius 3 is 2.64 bits per heavy atom. The molecule has 0 aromatic carbocycles. The Labute approximate surface area is 229 Å². The number of hydrogen-bond donors (Lipinski definition) is 3. The van der Waals surface area contributed by atoms with Gasteiger partial charge in [-0.25, -0.2) is 9.78 Å². The van der Waals surface area contributed by atoms with E-state index in [0.717, 1.165) is 5.57 Å². The lowest BCUT2D eigenvalue weighted by Gasteiger charge is -2.27. The molecule has 0 fully saturated rings. The summed E-state index contributed by atoms with van der Waals surface area (Å²) in [5.74, 6) is -1.62. The van der Waals surface area contributed by atoms with E-state index in [-0.39, 0.29) is 49.0 Å². The van der Waals surface area contributed by atoms with Crippen LogP contribution in [0.25, 0.3) is 0 Å². The van der Waals surface area contributed by atoms with E-state index in [9.17, 15) is 19.5 Å². The summed E-state index contributed by atoms with van der Waals surface area (Å²) in [5, 5.41) is 16.0. The highest BCUT2D eigenvalue weighted by Crippen LogP contribution is 2.19. The Balaban J connectivity index is 2.28. The molecular formula is C28H41N3O8. The van der Waals surface area contributed by atoms with E-state index in [1.54, 1.807) is 12.2 Å². The van der Waals surface area contributed by atoms with E-state index in [1.807, 2.05) is 39.8 Å². The minimum absolute atomic E-state index is 0.0222. The van der Waals surface area contributed by atoms with Gasteiger partial charge in [-0.15, -0.1) is 0 Å². The van der Waals surface area contributed by atoms with E-state index in [0.29, 0.717) is 6.54 Å². The van der Waals surface area contributed by atoms with Crippen LogP contribution >= 0.6 is 0 Å². The van der Waals surface area contributed by atoms with Gasteiger partial charge in [-0.1, -0.05) is 50.6 Å². The Morgan fingerprint density at radius 2 is 1.95 bits per heavy atom. The van der Waals surface area contributed by atoms with Crippen molar-refractivity contribution in [2.45, 2.75) is 71.8 Å². The minimum atomic E-state index is -0.953. The number of allylic oxidation sites excluding steroid dienone is 2. The maximum Gasteiger partial charge on any atom is 0.328 e. The highest BCUT2D eigenvalue weighted by atomic mass is 16.7. The Kier molecular flexibility index (Phi) is 13.1. The van der Waals surface area contributed by atoms with Gasteiger partial charge >= 0.3 is 5.97 Å². The van der Waals surface area contributed by atoms with Crippen molar-refractivity contribution in [3.05, 3.63) is 53.8 Å². The monoisotopic (exact) mass is 547 g/mol. The fourth-order valence-electron chi connectivity index (χ4n) is 3.98. The molecule has 3 N–H and O–H groups in total. The first-order chi connectivity index (χ1) is 18.5. The fourth-order valence-corrected chi connectivity index (χ4v) is 3.98. The Bertz CT molecular complexity index is 1050. The van der Waals surface area contributed by atoms with E-state index in [1.165, 1.54) is 26.4 Å². The summed E-state index contributed by atoms with van der Waals surface area (Å²) >= 11 is 0. The number of hydrogen-bond acceptors (Lipinski definition) is 9. The molecule has 1 aromatic heterocycles. The Morgan fingerprint density at radius 1 is 1.21 bits per heavy atom. The zero-order valence-electron chi connectivity index (χ0n) is 23.5. The van der Waals surface area contributed by atoms with Crippen LogP contribution in [0.1, 0.15) is 57.4 Å². The van der Waals surface area contributed by atoms with Gasteiger partial charge in [-0.2, -0.15) is 0 Å². The second-order valence-electron chi connectivity index (χ2n) is 9.95. The van der Waals surface area contributed by atoms with Gasteiger partial charge in [-0.3, -0.25) is 9.59 Å².